The van der Waals surface area contributed by atoms with E-state index in [1.54, 1.807) is 25.6 Å². The van der Waals surface area contributed by atoms with Gasteiger partial charge in [-0.2, -0.15) is 0 Å². The molecule has 1 aliphatic rings. The van der Waals surface area contributed by atoms with Gasteiger partial charge >= 0.3 is 0 Å². The third-order valence-corrected chi connectivity index (χ3v) is 8.08. The second kappa shape index (κ2) is 10.7. The Bertz CT molecular complexity index is 1340. The van der Waals surface area contributed by atoms with E-state index in [1.807, 2.05) is 66.7 Å². The molecule has 0 aliphatic carbocycles. The van der Waals surface area contributed by atoms with Gasteiger partial charge in [0.1, 0.15) is 23.4 Å². The second-order valence-corrected chi connectivity index (χ2v) is 10.1. The van der Waals surface area contributed by atoms with Gasteiger partial charge in [-0.25, -0.2) is 0 Å². The number of nitrogens with zero attached hydrogens (tertiary/aromatic N) is 1. The van der Waals surface area contributed by atoms with Crippen molar-refractivity contribution >= 4 is 27.2 Å². The summed E-state index contributed by atoms with van der Waals surface area (Å²) in [5.74, 6) is 2.37. The smallest absolute Gasteiger partial charge is 0.195 e. The molecule has 0 bridgehead atoms. The molecule has 0 spiro atoms. The number of fused-ring (bicyclic) bond motifs is 1. The lowest BCUT2D eigenvalue weighted by Crippen LogP contribution is -2.37. The summed E-state index contributed by atoms with van der Waals surface area (Å²) in [4.78, 5) is 17.3. The molecule has 1 aromatic heterocycles. The fraction of sp³-hybridized carbons (Fsp3) is 0.300. The highest BCUT2D eigenvalue weighted by molar-refractivity contribution is 7.22. The zero-order chi connectivity index (χ0) is 25.1. The fourth-order valence-electron chi connectivity index (χ4n) is 4.74. The normalized spacial score (nSPS) is 14.6. The van der Waals surface area contributed by atoms with Gasteiger partial charge in [0.15, 0.2) is 5.78 Å². The monoisotopic (exact) mass is 501 g/mol. The number of rotatable bonds is 8. The van der Waals surface area contributed by atoms with Crippen LogP contribution < -0.4 is 14.2 Å². The maximum absolute atomic E-state index is 13.9. The number of likely N-dealkylation sites (tertiary alicyclic amines) is 1. The third kappa shape index (κ3) is 4.97. The highest BCUT2D eigenvalue weighted by atomic mass is 32.1. The lowest BCUT2D eigenvalue weighted by atomic mass is 9.97. The number of ether oxygens (including phenoxy) is 3. The topological polar surface area (TPSA) is 48.0 Å². The van der Waals surface area contributed by atoms with E-state index in [1.165, 1.54) is 0 Å². The van der Waals surface area contributed by atoms with Crippen molar-refractivity contribution < 1.29 is 19.0 Å². The van der Waals surface area contributed by atoms with Gasteiger partial charge in [0.25, 0.3) is 0 Å². The molecule has 0 unspecified atom stereocenters. The quantitative estimate of drug-likeness (QED) is 0.252. The number of hydrogen-bond acceptors (Lipinski definition) is 6. The van der Waals surface area contributed by atoms with Crippen LogP contribution in [0.4, 0.5) is 0 Å². The summed E-state index contributed by atoms with van der Waals surface area (Å²) in [7, 11) is 3.30. The van der Waals surface area contributed by atoms with Crippen LogP contribution in [0.1, 0.15) is 35.7 Å². The Hall–Kier alpha value is -3.35. The van der Waals surface area contributed by atoms with E-state index in [9.17, 15) is 4.79 Å². The Kier molecular flexibility index (Phi) is 7.25. The van der Waals surface area contributed by atoms with Gasteiger partial charge in [0.2, 0.25) is 0 Å². The van der Waals surface area contributed by atoms with E-state index in [0.717, 1.165) is 70.3 Å². The van der Waals surface area contributed by atoms with Crippen LogP contribution in [-0.2, 0) is 0 Å². The molecule has 5 rings (SSSR count). The summed E-state index contributed by atoms with van der Waals surface area (Å²) in [6, 6.07) is 21.3. The Morgan fingerprint density at radius 1 is 0.889 bits per heavy atom. The van der Waals surface area contributed by atoms with Crippen LogP contribution in [0, 0.1) is 0 Å². The average molecular weight is 502 g/mol. The molecule has 6 heteroatoms. The number of hydrogen-bond donors (Lipinski definition) is 0. The summed E-state index contributed by atoms with van der Waals surface area (Å²) >= 11 is 1.60. The van der Waals surface area contributed by atoms with Gasteiger partial charge in [-0.05, 0) is 91.7 Å². The molecule has 0 amide bonds. The van der Waals surface area contributed by atoms with Crippen LogP contribution in [0.3, 0.4) is 0 Å². The minimum absolute atomic E-state index is 0.0000360. The van der Waals surface area contributed by atoms with Gasteiger partial charge in [0, 0.05) is 39.2 Å². The molecular weight excluding hydrogens is 470 g/mol. The molecule has 1 aliphatic heterocycles. The number of benzene rings is 3. The predicted molar refractivity (Wildman–Crippen MR) is 146 cm³/mol. The molecule has 1 fully saturated rings. The number of thiophene rings is 1. The van der Waals surface area contributed by atoms with Crippen molar-refractivity contribution in [1.82, 2.24) is 4.90 Å². The molecule has 0 atom stereocenters. The first kappa shape index (κ1) is 24.3. The first-order valence-corrected chi connectivity index (χ1v) is 13.2. The lowest BCUT2D eigenvalue weighted by Gasteiger charge is -2.31. The standard InChI is InChI=1S/C30H31NO4S/c1-4-31-17-15-24(16-18-31)35-23-11-5-20(6-12-23)29(32)28-26-14-13-25(34-3)19-27(26)36-30(28)21-7-9-22(33-2)10-8-21/h5-14,19,24H,4,15-18H2,1-3H3. The van der Waals surface area contributed by atoms with Crippen molar-refractivity contribution in [1.29, 1.82) is 0 Å². The molecule has 0 saturated carbocycles. The first-order chi connectivity index (χ1) is 17.6. The molecule has 2 heterocycles. The van der Waals surface area contributed by atoms with E-state index in [4.69, 9.17) is 14.2 Å². The Morgan fingerprint density at radius 3 is 2.17 bits per heavy atom. The summed E-state index contributed by atoms with van der Waals surface area (Å²) in [5, 5.41) is 0.930. The van der Waals surface area contributed by atoms with Crippen molar-refractivity contribution in [3.05, 3.63) is 77.9 Å². The van der Waals surface area contributed by atoms with E-state index >= 15 is 0 Å². The molecular formula is C30H31NO4S. The van der Waals surface area contributed by atoms with Gasteiger partial charge in [-0.1, -0.05) is 6.92 Å². The number of ketones is 1. The number of carbonyl (C=O) groups is 1. The Balaban J connectivity index is 1.45. The highest BCUT2D eigenvalue weighted by Gasteiger charge is 2.23. The molecule has 0 N–H and O–H groups in total. The van der Waals surface area contributed by atoms with E-state index < -0.39 is 0 Å². The number of piperidine rings is 1. The number of carbonyl (C=O) groups excluding carboxylic acids is 1. The van der Waals surface area contributed by atoms with E-state index in [2.05, 4.69) is 11.8 Å². The van der Waals surface area contributed by atoms with Crippen molar-refractivity contribution in [3.63, 3.8) is 0 Å². The molecule has 3 aromatic carbocycles. The molecule has 4 aromatic rings. The predicted octanol–water partition coefficient (Wildman–Crippen LogP) is 6.68. The highest BCUT2D eigenvalue weighted by Crippen LogP contribution is 2.41. The zero-order valence-corrected chi connectivity index (χ0v) is 21.8. The summed E-state index contributed by atoms with van der Waals surface area (Å²) in [6.45, 7) is 5.43. The van der Waals surface area contributed by atoms with E-state index in [-0.39, 0.29) is 11.9 Å². The van der Waals surface area contributed by atoms with Crippen molar-refractivity contribution in [2.24, 2.45) is 0 Å². The minimum atomic E-state index is 0.0000360. The second-order valence-electron chi connectivity index (χ2n) is 9.00. The maximum atomic E-state index is 13.9. The Labute approximate surface area is 216 Å². The number of methoxy groups -OCH3 is 2. The summed E-state index contributed by atoms with van der Waals surface area (Å²) in [5.41, 5.74) is 2.34. The van der Waals surface area contributed by atoms with Crippen LogP contribution in [0.2, 0.25) is 0 Å². The van der Waals surface area contributed by atoms with Crippen LogP contribution >= 0.6 is 11.3 Å². The van der Waals surface area contributed by atoms with Gasteiger partial charge < -0.3 is 19.1 Å². The van der Waals surface area contributed by atoms with Crippen LogP contribution in [0.15, 0.2) is 66.7 Å². The molecule has 186 valence electrons. The van der Waals surface area contributed by atoms with Crippen LogP contribution in [0.5, 0.6) is 17.2 Å². The van der Waals surface area contributed by atoms with Crippen LogP contribution in [-0.4, -0.2) is 50.6 Å². The molecule has 36 heavy (non-hydrogen) atoms. The Morgan fingerprint density at radius 2 is 1.53 bits per heavy atom. The lowest BCUT2D eigenvalue weighted by molar-refractivity contribution is 0.103. The van der Waals surface area contributed by atoms with E-state index in [0.29, 0.717) is 11.1 Å². The zero-order valence-electron chi connectivity index (χ0n) is 21.0. The molecule has 1 saturated heterocycles. The van der Waals surface area contributed by atoms with Crippen LogP contribution in [0.25, 0.3) is 20.5 Å². The first-order valence-electron chi connectivity index (χ1n) is 12.4. The largest absolute Gasteiger partial charge is 0.497 e. The fourth-order valence-corrected chi connectivity index (χ4v) is 5.97. The molecule has 5 nitrogen and oxygen atoms in total. The van der Waals surface area contributed by atoms with Gasteiger partial charge in [-0.3, -0.25) is 4.79 Å². The molecule has 0 radical (unpaired) electrons. The van der Waals surface area contributed by atoms with Crippen molar-refractivity contribution in [2.75, 3.05) is 33.9 Å². The summed E-state index contributed by atoms with van der Waals surface area (Å²) < 4.78 is 18.0. The minimum Gasteiger partial charge on any atom is -0.497 e. The SMILES string of the molecule is CCN1CCC(Oc2ccc(C(=O)c3c(-c4ccc(OC)cc4)sc4cc(OC)ccc34)cc2)CC1. The van der Waals surface area contributed by atoms with Gasteiger partial charge in [-0.15, -0.1) is 11.3 Å². The summed E-state index contributed by atoms with van der Waals surface area (Å²) in [6.07, 6.45) is 2.29. The average Bonchev–Trinajstić information content (AvgIpc) is 3.32. The maximum Gasteiger partial charge on any atom is 0.195 e. The van der Waals surface area contributed by atoms with Gasteiger partial charge in [0.05, 0.1) is 14.2 Å². The third-order valence-electron chi connectivity index (χ3n) is 6.88. The van der Waals surface area contributed by atoms with Crippen molar-refractivity contribution in [3.8, 4) is 27.7 Å². The van der Waals surface area contributed by atoms with Crippen molar-refractivity contribution in [2.45, 2.75) is 25.9 Å².